The maximum Gasteiger partial charge on any atom is 0.416 e. The quantitative estimate of drug-likeness (QED) is 0.530. The Labute approximate surface area is 148 Å². The van der Waals surface area contributed by atoms with Gasteiger partial charge in [-0.2, -0.15) is 13.2 Å². The zero-order valence-corrected chi connectivity index (χ0v) is 14.1. The van der Waals surface area contributed by atoms with Gasteiger partial charge in [0.2, 0.25) is 0 Å². The van der Waals surface area contributed by atoms with E-state index in [2.05, 4.69) is 0 Å². The van der Waals surface area contributed by atoms with E-state index in [1.165, 1.54) is 12.1 Å². The van der Waals surface area contributed by atoms with E-state index in [1.54, 1.807) is 18.2 Å². The summed E-state index contributed by atoms with van der Waals surface area (Å²) < 4.78 is 48.6. The fourth-order valence-electron chi connectivity index (χ4n) is 1.91. The Morgan fingerprint density at radius 1 is 0.792 bits per heavy atom. The zero-order chi connectivity index (χ0) is 17.6. The molecule has 0 aliphatic rings. The van der Waals surface area contributed by atoms with Crippen molar-refractivity contribution < 1.29 is 22.6 Å². The van der Waals surface area contributed by atoms with Crippen molar-refractivity contribution in [2.75, 3.05) is 13.2 Å². The highest BCUT2D eigenvalue weighted by Crippen LogP contribution is 2.31. The van der Waals surface area contributed by atoms with Crippen molar-refractivity contribution >= 4 is 23.2 Å². The van der Waals surface area contributed by atoms with Gasteiger partial charge in [-0.1, -0.05) is 29.3 Å². The molecule has 24 heavy (non-hydrogen) atoms. The first-order valence-corrected chi connectivity index (χ1v) is 8.00. The third-order valence-electron chi connectivity index (χ3n) is 3.13. The van der Waals surface area contributed by atoms with Gasteiger partial charge >= 0.3 is 6.18 Å². The van der Waals surface area contributed by atoms with E-state index in [1.807, 2.05) is 0 Å². The minimum atomic E-state index is -4.37. The maximum absolute atomic E-state index is 12.6. The molecule has 0 fully saturated rings. The molecule has 0 aliphatic heterocycles. The van der Waals surface area contributed by atoms with Gasteiger partial charge in [0, 0.05) is 6.07 Å². The first-order chi connectivity index (χ1) is 11.4. The van der Waals surface area contributed by atoms with Crippen molar-refractivity contribution in [1.82, 2.24) is 0 Å². The van der Waals surface area contributed by atoms with Crippen LogP contribution in [0.2, 0.25) is 10.0 Å². The fourth-order valence-corrected chi connectivity index (χ4v) is 2.20. The normalized spacial score (nSPS) is 11.4. The molecular weight excluding hydrogens is 364 g/mol. The van der Waals surface area contributed by atoms with Gasteiger partial charge in [0.05, 0.1) is 28.8 Å². The van der Waals surface area contributed by atoms with Crippen LogP contribution in [0, 0.1) is 0 Å². The summed E-state index contributed by atoms with van der Waals surface area (Å²) in [6, 6.07) is 9.82. The van der Waals surface area contributed by atoms with Crippen LogP contribution in [0.1, 0.15) is 18.4 Å². The van der Waals surface area contributed by atoms with E-state index in [0.717, 1.165) is 12.1 Å². The van der Waals surface area contributed by atoms with Crippen LogP contribution in [0.25, 0.3) is 0 Å². The molecule has 2 aromatic rings. The molecule has 130 valence electrons. The summed E-state index contributed by atoms with van der Waals surface area (Å²) >= 11 is 11.7. The van der Waals surface area contributed by atoms with Crippen LogP contribution in [0.5, 0.6) is 11.5 Å². The highest BCUT2D eigenvalue weighted by atomic mass is 35.5. The molecule has 0 aromatic heterocycles. The van der Waals surface area contributed by atoms with Crippen LogP contribution >= 0.6 is 23.2 Å². The Hall–Kier alpha value is -1.59. The molecule has 0 radical (unpaired) electrons. The van der Waals surface area contributed by atoms with Crippen molar-refractivity contribution in [1.29, 1.82) is 0 Å². The molecule has 7 heteroatoms. The lowest BCUT2D eigenvalue weighted by Crippen LogP contribution is -2.06. The number of hydrogen-bond acceptors (Lipinski definition) is 2. The van der Waals surface area contributed by atoms with Crippen LogP contribution < -0.4 is 9.47 Å². The SMILES string of the molecule is FC(F)(F)c1cccc(OCCCCOc2ccc(Cl)c(Cl)c2)c1. The Morgan fingerprint density at radius 3 is 2.00 bits per heavy atom. The van der Waals surface area contributed by atoms with Crippen molar-refractivity contribution in [2.45, 2.75) is 19.0 Å². The minimum absolute atomic E-state index is 0.204. The number of benzene rings is 2. The van der Waals surface area contributed by atoms with Gasteiger partial charge in [-0.3, -0.25) is 0 Å². The third-order valence-corrected chi connectivity index (χ3v) is 3.87. The van der Waals surface area contributed by atoms with Gasteiger partial charge in [-0.05, 0) is 43.2 Å². The smallest absolute Gasteiger partial charge is 0.416 e. The first kappa shape index (κ1) is 18.7. The molecule has 0 unspecified atom stereocenters. The maximum atomic E-state index is 12.6. The molecule has 2 nitrogen and oxygen atoms in total. The van der Waals surface area contributed by atoms with Crippen molar-refractivity contribution in [3.8, 4) is 11.5 Å². The van der Waals surface area contributed by atoms with Crippen LogP contribution in [0.3, 0.4) is 0 Å². The number of alkyl halides is 3. The highest BCUT2D eigenvalue weighted by molar-refractivity contribution is 6.42. The summed E-state index contributed by atoms with van der Waals surface area (Å²) in [5.74, 6) is 0.818. The molecule has 0 N–H and O–H groups in total. The molecule has 0 amide bonds. The van der Waals surface area contributed by atoms with Gasteiger partial charge < -0.3 is 9.47 Å². The molecule has 2 aromatic carbocycles. The van der Waals surface area contributed by atoms with Gasteiger partial charge in [0.1, 0.15) is 11.5 Å². The Bertz CT molecular complexity index is 675. The fraction of sp³-hybridized carbons (Fsp3) is 0.294. The zero-order valence-electron chi connectivity index (χ0n) is 12.6. The average Bonchev–Trinajstić information content (AvgIpc) is 2.53. The van der Waals surface area contributed by atoms with Crippen LogP contribution in [-0.4, -0.2) is 13.2 Å². The molecular formula is C17H15Cl2F3O2. The molecule has 0 atom stereocenters. The van der Waals surface area contributed by atoms with Crippen molar-refractivity contribution in [2.24, 2.45) is 0 Å². The predicted molar refractivity (Wildman–Crippen MR) is 88.1 cm³/mol. The standard InChI is InChI=1S/C17H15Cl2F3O2/c18-15-7-6-14(11-16(15)19)24-9-2-1-8-23-13-5-3-4-12(10-13)17(20,21)22/h3-7,10-11H,1-2,8-9H2. The van der Waals surface area contributed by atoms with E-state index in [4.69, 9.17) is 32.7 Å². The summed E-state index contributed by atoms with van der Waals surface area (Å²) in [7, 11) is 0. The molecule has 0 saturated carbocycles. The lowest BCUT2D eigenvalue weighted by atomic mass is 10.2. The van der Waals surface area contributed by atoms with Gasteiger partial charge in [0.25, 0.3) is 0 Å². The van der Waals surface area contributed by atoms with Crippen molar-refractivity contribution in [3.05, 3.63) is 58.1 Å². The average molecular weight is 379 g/mol. The van der Waals surface area contributed by atoms with Gasteiger partial charge in [-0.25, -0.2) is 0 Å². The van der Waals surface area contributed by atoms with E-state index < -0.39 is 11.7 Å². The summed E-state index contributed by atoms with van der Waals surface area (Å²) in [6.07, 6.45) is -3.02. The van der Waals surface area contributed by atoms with Crippen LogP contribution in [-0.2, 0) is 6.18 Å². The van der Waals surface area contributed by atoms with Crippen LogP contribution in [0.4, 0.5) is 13.2 Å². The molecule has 2 rings (SSSR count). The summed E-state index contributed by atoms with van der Waals surface area (Å²) in [4.78, 5) is 0. The first-order valence-electron chi connectivity index (χ1n) is 7.24. The Kier molecular flexibility index (Phi) is 6.63. The van der Waals surface area contributed by atoms with E-state index >= 15 is 0 Å². The van der Waals surface area contributed by atoms with Crippen LogP contribution in [0.15, 0.2) is 42.5 Å². The second-order valence-electron chi connectivity index (χ2n) is 5.01. The monoisotopic (exact) mass is 378 g/mol. The molecule has 0 aliphatic carbocycles. The number of hydrogen-bond donors (Lipinski definition) is 0. The molecule has 0 bridgehead atoms. The van der Waals surface area contributed by atoms with E-state index in [0.29, 0.717) is 41.9 Å². The summed E-state index contributed by atoms with van der Waals surface area (Å²) in [5, 5.41) is 0.876. The third kappa shape index (κ3) is 5.80. The largest absolute Gasteiger partial charge is 0.494 e. The number of ether oxygens (including phenoxy) is 2. The summed E-state index contributed by atoms with van der Waals surface area (Å²) in [6.45, 7) is 0.760. The lowest BCUT2D eigenvalue weighted by Gasteiger charge is -2.10. The second-order valence-corrected chi connectivity index (χ2v) is 5.82. The molecule has 0 saturated heterocycles. The predicted octanol–water partition coefficient (Wildman–Crippen LogP) is 6.25. The Morgan fingerprint density at radius 2 is 1.42 bits per heavy atom. The molecule has 0 spiro atoms. The van der Waals surface area contributed by atoms with Gasteiger partial charge in [-0.15, -0.1) is 0 Å². The molecule has 0 heterocycles. The summed E-state index contributed by atoms with van der Waals surface area (Å²) in [5.41, 5.74) is -0.719. The highest BCUT2D eigenvalue weighted by Gasteiger charge is 2.30. The topological polar surface area (TPSA) is 18.5 Å². The van der Waals surface area contributed by atoms with E-state index in [-0.39, 0.29) is 5.75 Å². The van der Waals surface area contributed by atoms with Crippen molar-refractivity contribution in [3.63, 3.8) is 0 Å². The second kappa shape index (κ2) is 8.49. The number of halogens is 5. The lowest BCUT2D eigenvalue weighted by molar-refractivity contribution is -0.137. The number of unbranched alkanes of at least 4 members (excludes halogenated alkanes) is 1. The minimum Gasteiger partial charge on any atom is -0.494 e. The Balaban J connectivity index is 1.69. The van der Waals surface area contributed by atoms with Gasteiger partial charge in [0.15, 0.2) is 0 Å². The number of rotatable bonds is 7. The van der Waals surface area contributed by atoms with E-state index in [9.17, 15) is 13.2 Å².